The summed E-state index contributed by atoms with van der Waals surface area (Å²) in [6.45, 7) is 3.33. The molecule has 2 aromatic rings. The Balaban J connectivity index is 1.79. The van der Waals surface area contributed by atoms with E-state index >= 15 is 0 Å². The van der Waals surface area contributed by atoms with Crippen LogP contribution in [0.25, 0.3) is 11.5 Å². The smallest absolute Gasteiger partial charge is 0.293 e. The van der Waals surface area contributed by atoms with Crippen molar-refractivity contribution in [2.24, 2.45) is 0 Å². The van der Waals surface area contributed by atoms with Crippen molar-refractivity contribution >= 4 is 11.4 Å². The second-order valence-corrected chi connectivity index (χ2v) is 5.77. The van der Waals surface area contributed by atoms with Crippen LogP contribution in [0.15, 0.2) is 22.7 Å². The summed E-state index contributed by atoms with van der Waals surface area (Å²) >= 11 is 0. The van der Waals surface area contributed by atoms with E-state index in [2.05, 4.69) is 15.5 Å². The molecule has 0 saturated carbocycles. The molecule has 128 valence electrons. The van der Waals surface area contributed by atoms with Gasteiger partial charge in [0.1, 0.15) is 5.69 Å². The average Bonchev–Trinajstić information content (AvgIpc) is 3.25. The summed E-state index contributed by atoms with van der Waals surface area (Å²) in [5, 5.41) is 18.4. The van der Waals surface area contributed by atoms with Crippen molar-refractivity contribution in [3.8, 4) is 11.5 Å². The van der Waals surface area contributed by atoms with Gasteiger partial charge in [-0.3, -0.25) is 10.1 Å². The standard InChI is InChI=1S/C16H20N4O4/c1-2-4-15-18-16(24-19-15)11-6-7-13(14(9-11)20(21)22)17-10-12-5-3-8-23-12/h6-7,9,12,17H,2-5,8,10H2,1H3. The lowest BCUT2D eigenvalue weighted by Gasteiger charge is -2.12. The first-order valence-corrected chi connectivity index (χ1v) is 8.14. The second-order valence-electron chi connectivity index (χ2n) is 5.77. The van der Waals surface area contributed by atoms with Gasteiger partial charge in [0.2, 0.25) is 0 Å². The third-order valence-electron chi connectivity index (χ3n) is 3.93. The number of hydrogen-bond donors (Lipinski definition) is 1. The molecule has 0 amide bonds. The Morgan fingerprint density at radius 1 is 1.46 bits per heavy atom. The van der Waals surface area contributed by atoms with E-state index in [4.69, 9.17) is 9.26 Å². The Morgan fingerprint density at radius 3 is 3.04 bits per heavy atom. The third kappa shape index (κ3) is 3.70. The number of nitrogens with zero attached hydrogens (tertiary/aromatic N) is 3. The maximum absolute atomic E-state index is 11.4. The van der Waals surface area contributed by atoms with Gasteiger partial charge in [-0.25, -0.2) is 0 Å². The van der Waals surface area contributed by atoms with Crippen LogP contribution in [0.2, 0.25) is 0 Å². The van der Waals surface area contributed by atoms with Crippen LogP contribution in [0.3, 0.4) is 0 Å². The van der Waals surface area contributed by atoms with E-state index in [1.165, 1.54) is 6.07 Å². The number of aryl methyl sites for hydroxylation is 1. The van der Waals surface area contributed by atoms with Crippen molar-refractivity contribution in [3.05, 3.63) is 34.1 Å². The largest absolute Gasteiger partial charge is 0.377 e. The van der Waals surface area contributed by atoms with Crippen molar-refractivity contribution < 1.29 is 14.2 Å². The van der Waals surface area contributed by atoms with Crippen molar-refractivity contribution in [2.75, 3.05) is 18.5 Å². The third-order valence-corrected chi connectivity index (χ3v) is 3.93. The van der Waals surface area contributed by atoms with Crippen LogP contribution in [-0.4, -0.2) is 34.3 Å². The molecule has 2 heterocycles. The minimum Gasteiger partial charge on any atom is -0.377 e. The monoisotopic (exact) mass is 332 g/mol. The molecule has 0 aliphatic carbocycles. The van der Waals surface area contributed by atoms with Crippen LogP contribution >= 0.6 is 0 Å². The Kier molecular flexibility index (Phi) is 5.05. The summed E-state index contributed by atoms with van der Waals surface area (Å²) in [5.41, 5.74) is 0.993. The van der Waals surface area contributed by atoms with Crippen LogP contribution in [0.5, 0.6) is 0 Å². The van der Waals surface area contributed by atoms with Gasteiger partial charge in [-0.05, 0) is 31.4 Å². The van der Waals surface area contributed by atoms with E-state index in [-0.39, 0.29) is 11.8 Å². The Morgan fingerprint density at radius 2 is 2.33 bits per heavy atom. The van der Waals surface area contributed by atoms with Crippen molar-refractivity contribution in [1.29, 1.82) is 0 Å². The first-order chi connectivity index (χ1) is 11.7. The summed E-state index contributed by atoms with van der Waals surface area (Å²) in [5.74, 6) is 0.906. The number of nitro groups is 1. The summed E-state index contributed by atoms with van der Waals surface area (Å²) in [6.07, 6.45) is 3.74. The van der Waals surface area contributed by atoms with E-state index in [1.807, 2.05) is 6.92 Å². The molecule has 1 aromatic heterocycles. The molecule has 8 heteroatoms. The Labute approximate surface area is 139 Å². The molecular formula is C16H20N4O4. The van der Waals surface area contributed by atoms with Gasteiger partial charge in [0.05, 0.1) is 11.0 Å². The number of benzene rings is 1. The number of hydrogen-bond acceptors (Lipinski definition) is 7. The van der Waals surface area contributed by atoms with E-state index in [9.17, 15) is 10.1 Å². The van der Waals surface area contributed by atoms with E-state index in [1.54, 1.807) is 12.1 Å². The highest BCUT2D eigenvalue weighted by atomic mass is 16.6. The molecule has 24 heavy (non-hydrogen) atoms. The van der Waals surface area contributed by atoms with Gasteiger partial charge in [-0.2, -0.15) is 4.98 Å². The molecule has 1 N–H and O–H groups in total. The molecule has 0 radical (unpaired) electrons. The number of rotatable bonds is 7. The van der Waals surface area contributed by atoms with E-state index < -0.39 is 4.92 Å². The lowest BCUT2D eigenvalue weighted by atomic mass is 10.1. The Hall–Kier alpha value is -2.48. The summed E-state index contributed by atoms with van der Waals surface area (Å²) in [6, 6.07) is 4.88. The van der Waals surface area contributed by atoms with Gasteiger partial charge in [0.15, 0.2) is 5.82 Å². The maximum Gasteiger partial charge on any atom is 0.293 e. The predicted octanol–water partition coefficient (Wildman–Crippen LogP) is 3.19. The molecule has 0 spiro atoms. The van der Waals surface area contributed by atoms with Gasteiger partial charge in [-0.1, -0.05) is 12.1 Å². The maximum atomic E-state index is 11.4. The molecule has 1 aromatic carbocycles. The highest BCUT2D eigenvalue weighted by Crippen LogP contribution is 2.30. The Bertz CT molecular complexity index is 710. The highest BCUT2D eigenvalue weighted by molar-refractivity contribution is 5.69. The minimum absolute atomic E-state index is 0.0132. The molecule has 3 rings (SSSR count). The van der Waals surface area contributed by atoms with Crippen LogP contribution in [0.1, 0.15) is 32.0 Å². The van der Waals surface area contributed by atoms with Crippen LogP contribution in [0.4, 0.5) is 11.4 Å². The molecular weight excluding hydrogens is 312 g/mol. The zero-order valence-electron chi connectivity index (χ0n) is 13.5. The predicted molar refractivity (Wildman–Crippen MR) is 87.8 cm³/mol. The van der Waals surface area contributed by atoms with Gasteiger partial charge in [0.25, 0.3) is 11.6 Å². The molecule has 1 aliphatic rings. The molecule has 1 aliphatic heterocycles. The fourth-order valence-electron chi connectivity index (χ4n) is 2.69. The summed E-state index contributed by atoms with van der Waals surface area (Å²) in [7, 11) is 0. The van der Waals surface area contributed by atoms with E-state index in [0.29, 0.717) is 35.9 Å². The fraction of sp³-hybridized carbons (Fsp3) is 0.500. The van der Waals surface area contributed by atoms with Gasteiger partial charge in [0, 0.05) is 31.2 Å². The highest BCUT2D eigenvalue weighted by Gasteiger charge is 2.20. The van der Waals surface area contributed by atoms with Crippen LogP contribution < -0.4 is 5.32 Å². The number of nitro benzene ring substituents is 1. The molecule has 1 fully saturated rings. The lowest BCUT2D eigenvalue weighted by molar-refractivity contribution is -0.383. The van der Waals surface area contributed by atoms with Gasteiger partial charge in [-0.15, -0.1) is 0 Å². The molecule has 1 unspecified atom stereocenters. The van der Waals surface area contributed by atoms with Gasteiger partial charge < -0.3 is 14.6 Å². The van der Waals surface area contributed by atoms with Crippen LogP contribution in [0, 0.1) is 10.1 Å². The molecule has 1 saturated heterocycles. The zero-order chi connectivity index (χ0) is 16.9. The number of ether oxygens (including phenoxy) is 1. The topological polar surface area (TPSA) is 103 Å². The second kappa shape index (κ2) is 7.39. The molecule has 0 bridgehead atoms. The van der Waals surface area contributed by atoms with Gasteiger partial charge >= 0.3 is 0 Å². The molecule has 8 nitrogen and oxygen atoms in total. The number of aromatic nitrogens is 2. The van der Waals surface area contributed by atoms with Crippen molar-refractivity contribution in [2.45, 2.75) is 38.7 Å². The first kappa shape index (κ1) is 16.4. The van der Waals surface area contributed by atoms with Crippen molar-refractivity contribution in [3.63, 3.8) is 0 Å². The summed E-state index contributed by atoms with van der Waals surface area (Å²) < 4.78 is 10.7. The first-order valence-electron chi connectivity index (χ1n) is 8.14. The fourth-order valence-corrected chi connectivity index (χ4v) is 2.69. The lowest BCUT2D eigenvalue weighted by Crippen LogP contribution is -2.18. The minimum atomic E-state index is -0.412. The average molecular weight is 332 g/mol. The quantitative estimate of drug-likeness (QED) is 0.613. The molecule has 1 atom stereocenters. The number of anilines is 1. The van der Waals surface area contributed by atoms with Crippen molar-refractivity contribution in [1.82, 2.24) is 10.1 Å². The van der Waals surface area contributed by atoms with Crippen LogP contribution in [-0.2, 0) is 11.2 Å². The number of nitrogens with one attached hydrogen (secondary N) is 1. The normalized spacial score (nSPS) is 17.1. The SMILES string of the molecule is CCCc1noc(-c2ccc(NCC3CCCO3)c([N+](=O)[O-])c2)n1. The summed E-state index contributed by atoms with van der Waals surface area (Å²) in [4.78, 5) is 15.2. The van der Waals surface area contributed by atoms with E-state index in [0.717, 1.165) is 25.9 Å². The zero-order valence-corrected chi connectivity index (χ0v) is 13.5.